The highest BCUT2D eigenvalue weighted by molar-refractivity contribution is 7.99. The number of benzene rings is 2. The van der Waals surface area contributed by atoms with Gasteiger partial charge in [-0.15, -0.1) is 0 Å². The van der Waals surface area contributed by atoms with Crippen LogP contribution in [0.2, 0.25) is 5.02 Å². The molecular formula is C15H15ClOS. The molecule has 0 fully saturated rings. The Balaban J connectivity index is 2.24. The number of hydrogen-bond acceptors (Lipinski definition) is 2. The van der Waals surface area contributed by atoms with Crippen LogP contribution in [0.15, 0.2) is 52.3 Å². The van der Waals surface area contributed by atoms with Crippen molar-refractivity contribution in [2.75, 3.05) is 0 Å². The summed E-state index contributed by atoms with van der Waals surface area (Å²) < 4.78 is 0. The molecule has 3 heteroatoms. The Morgan fingerprint density at radius 2 is 1.94 bits per heavy atom. The Hall–Kier alpha value is -0.960. The van der Waals surface area contributed by atoms with Crippen molar-refractivity contribution in [3.8, 4) is 0 Å². The zero-order valence-electron chi connectivity index (χ0n) is 10.4. The van der Waals surface area contributed by atoms with Crippen LogP contribution in [0.3, 0.4) is 0 Å². The van der Waals surface area contributed by atoms with Crippen LogP contribution in [0.1, 0.15) is 24.2 Å². The topological polar surface area (TPSA) is 20.2 Å². The lowest BCUT2D eigenvalue weighted by atomic mass is 10.1. The molecule has 0 aliphatic heterocycles. The van der Waals surface area contributed by atoms with Gasteiger partial charge in [0.25, 0.3) is 0 Å². The minimum absolute atomic E-state index is 0.486. The average Bonchev–Trinajstić information content (AvgIpc) is 2.31. The second kappa shape index (κ2) is 5.79. The van der Waals surface area contributed by atoms with Gasteiger partial charge in [0, 0.05) is 9.79 Å². The van der Waals surface area contributed by atoms with Crippen molar-refractivity contribution in [2.24, 2.45) is 0 Å². The van der Waals surface area contributed by atoms with Gasteiger partial charge < -0.3 is 5.11 Å². The molecule has 94 valence electrons. The maximum Gasteiger partial charge on any atom is 0.0762 e. The predicted molar refractivity (Wildman–Crippen MR) is 77.4 cm³/mol. The fraction of sp³-hybridized carbons (Fsp3) is 0.200. The highest BCUT2D eigenvalue weighted by Crippen LogP contribution is 2.34. The summed E-state index contributed by atoms with van der Waals surface area (Å²) in [5, 5.41) is 10.2. The molecule has 1 atom stereocenters. The quantitative estimate of drug-likeness (QED) is 0.866. The van der Waals surface area contributed by atoms with Crippen LogP contribution in [0.4, 0.5) is 0 Å². The maximum absolute atomic E-state index is 9.50. The van der Waals surface area contributed by atoms with Gasteiger partial charge in [0.15, 0.2) is 0 Å². The Kier molecular flexibility index (Phi) is 4.33. The number of aliphatic hydroxyl groups excluding tert-OH is 1. The SMILES string of the molecule is Cc1cccc(Sc2ccc(C(C)O)cc2Cl)c1. The van der Waals surface area contributed by atoms with E-state index < -0.39 is 6.10 Å². The summed E-state index contributed by atoms with van der Waals surface area (Å²) in [7, 11) is 0. The van der Waals surface area contributed by atoms with Crippen molar-refractivity contribution < 1.29 is 5.11 Å². The van der Waals surface area contributed by atoms with Gasteiger partial charge in [-0.1, -0.05) is 47.1 Å². The first-order chi connectivity index (χ1) is 8.56. The second-order valence-electron chi connectivity index (χ2n) is 4.28. The fourth-order valence-corrected chi connectivity index (χ4v) is 2.91. The summed E-state index contributed by atoms with van der Waals surface area (Å²) in [5.74, 6) is 0. The molecule has 2 aromatic rings. The summed E-state index contributed by atoms with van der Waals surface area (Å²) in [6.07, 6.45) is -0.486. The van der Waals surface area contributed by atoms with E-state index in [1.54, 1.807) is 18.7 Å². The molecule has 0 spiro atoms. The normalized spacial score (nSPS) is 12.4. The van der Waals surface area contributed by atoms with E-state index in [1.807, 2.05) is 24.3 Å². The lowest BCUT2D eigenvalue weighted by molar-refractivity contribution is 0.199. The molecule has 2 rings (SSSR count). The van der Waals surface area contributed by atoms with Gasteiger partial charge in [-0.25, -0.2) is 0 Å². The Labute approximate surface area is 117 Å². The third-order valence-electron chi connectivity index (χ3n) is 2.66. The molecule has 2 aromatic carbocycles. The second-order valence-corrected chi connectivity index (χ2v) is 5.81. The molecule has 1 unspecified atom stereocenters. The number of aryl methyl sites for hydroxylation is 1. The summed E-state index contributed by atoms with van der Waals surface area (Å²) in [4.78, 5) is 2.17. The molecule has 0 aromatic heterocycles. The molecule has 0 aliphatic carbocycles. The van der Waals surface area contributed by atoms with Crippen molar-refractivity contribution in [1.82, 2.24) is 0 Å². The molecule has 0 saturated carbocycles. The van der Waals surface area contributed by atoms with Crippen LogP contribution in [-0.4, -0.2) is 5.11 Å². The first-order valence-corrected chi connectivity index (χ1v) is 6.98. The molecule has 0 bridgehead atoms. The van der Waals surface area contributed by atoms with Gasteiger partial charge in [-0.3, -0.25) is 0 Å². The minimum atomic E-state index is -0.486. The van der Waals surface area contributed by atoms with Crippen molar-refractivity contribution in [2.45, 2.75) is 29.7 Å². The molecule has 0 saturated heterocycles. The zero-order chi connectivity index (χ0) is 13.1. The predicted octanol–water partition coefficient (Wildman–Crippen LogP) is 4.85. The first kappa shape index (κ1) is 13.5. The third-order valence-corrected chi connectivity index (χ3v) is 4.15. The largest absolute Gasteiger partial charge is 0.389 e. The van der Waals surface area contributed by atoms with E-state index in [9.17, 15) is 5.11 Å². The molecule has 1 N–H and O–H groups in total. The van der Waals surface area contributed by atoms with Crippen LogP contribution in [-0.2, 0) is 0 Å². The van der Waals surface area contributed by atoms with E-state index >= 15 is 0 Å². The van der Waals surface area contributed by atoms with Crippen molar-refractivity contribution in [3.05, 3.63) is 58.6 Å². The number of hydrogen-bond donors (Lipinski definition) is 1. The fourth-order valence-electron chi connectivity index (χ4n) is 1.67. The van der Waals surface area contributed by atoms with Crippen LogP contribution >= 0.6 is 23.4 Å². The molecule has 0 amide bonds. The molecule has 1 nitrogen and oxygen atoms in total. The Morgan fingerprint density at radius 3 is 2.56 bits per heavy atom. The molecule has 18 heavy (non-hydrogen) atoms. The number of halogens is 1. The van der Waals surface area contributed by atoms with Crippen molar-refractivity contribution >= 4 is 23.4 Å². The highest BCUT2D eigenvalue weighted by Gasteiger charge is 2.07. The van der Waals surface area contributed by atoms with E-state index in [0.29, 0.717) is 5.02 Å². The van der Waals surface area contributed by atoms with E-state index in [2.05, 4.69) is 25.1 Å². The standard InChI is InChI=1S/C15H15ClOS/c1-10-4-3-5-13(8-10)18-15-7-6-12(11(2)17)9-14(15)16/h3-9,11,17H,1-2H3. The van der Waals surface area contributed by atoms with Gasteiger partial charge in [0.2, 0.25) is 0 Å². The molecular weight excluding hydrogens is 264 g/mol. The monoisotopic (exact) mass is 278 g/mol. The van der Waals surface area contributed by atoms with Gasteiger partial charge >= 0.3 is 0 Å². The lowest BCUT2D eigenvalue weighted by Gasteiger charge is -2.09. The summed E-state index contributed by atoms with van der Waals surface area (Å²) >= 11 is 7.87. The summed E-state index contributed by atoms with van der Waals surface area (Å²) in [6, 6.07) is 14.0. The molecule has 0 aliphatic rings. The van der Waals surface area contributed by atoms with Crippen LogP contribution in [0.5, 0.6) is 0 Å². The average molecular weight is 279 g/mol. The van der Waals surface area contributed by atoms with E-state index in [0.717, 1.165) is 10.5 Å². The summed E-state index contributed by atoms with van der Waals surface area (Å²) in [6.45, 7) is 3.81. The van der Waals surface area contributed by atoms with E-state index in [-0.39, 0.29) is 0 Å². The first-order valence-electron chi connectivity index (χ1n) is 5.78. The number of rotatable bonds is 3. The lowest BCUT2D eigenvalue weighted by Crippen LogP contribution is -1.90. The zero-order valence-corrected chi connectivity index (χ0v) is 11.9. The molecule has 0 heterocycles. The van der Waals surface area contributed by atoms with Gasteiger partial charge in [-0.2, -0.15) is 0 Å². The van der Waals surface area contributed by atoms with Crippen LogP contribution in [0.25, 0.3) is 0 Å². The Bertz CT molecular complexity index is 552. The van der Waals surface area contributed by atoms with Crippen molar-refractivity contribution in [1.29, 1.82) is 0 Å². The van der Waals surface area contributed by atoms with Crippen LogP contribution < -0.4 is 0 Å². The third kappa shape index (κ3) is 3.29. The highest BCUT2D eigenvalue weighted by atomic mass is 35.5. The Morgan fingerprint density at radius 1 is 1.17 bits per heavy atom. The van der Waals surface area contributed by atoms with E-state index in [4.69, 9.17) is 11.6 Å². The van der Waals surface area contributed by atoms with E-state index in [1.165, 1.54) is 10.5 Å². The minimum Gasteiger partial charge on any atom is -0.389 e. The maximum atomic E-state index is 9.50. The molecule has 0 radical (unpaired) electrons. The van der Waals surface area contributed by atoms with Gasteiger partial charge in [0.05, 0.1) is 11.1 Å². The smallest absolute Gasteiger partial charge is 0.0762 e. The summed E-state index contributed by atoms with van der Waals surface area (Å²) in [5.41, 5.74) is 2.07. The van der Waals surface area contributed by atoms with Gasteiger partial charge in [0.1, 0.15) is 0 Å². The number of aliphatic hydroxyl groups is 1. The van der Waals surface area contributed by atoms with Crippen LogP contribution in [0, 0.1) is 6.92 Å². The van der Waals surface area contributed by atoms with Gasteiger partial charge in [-0.05, 0) is 43.7 Å². The van der Waals surface area contributed by atoms with Crippen molar-refractivity contribution in [3.63, 3.8) is 0 Å².